The Kier molecular flexibility index (Phi) is 7.90. The Morgan fingerprint density at radius 3 is 2.61 bits per heavy atom. The highest BCUT2D eigenvalue weighted by molar-refractivity contribution is 5.73. The molecule has 0 aromatic heterocycles. The van der Waals surface area contributed by atoms with Crippen molar-refractivity contribution in [1.82, 2.24) is 15.5 Å². The van der Waals surface area contributed by atoms with Crippen LogP contribution in [0.15, 0.2) is 30.3 Å². The van der Waals surface area contributed by atoms with Crippen molar-refractivity contribution in [2.45, 2.75) is 31.7 Å². The molecule has 0 bridgehead atoms. The number of urea groups is 1. The zero-order chi connectivity index (χ0) is 16.3. The van der Waals surface area contributed by atoms with E-state index in [4.69, 9.17) is 4.74 Å². The number of hydrogen-bond acceptors (Lipinski definition) is 3. The van der Waals surface area contributed by atoms with Crippen LogP contribution in [0.25, 0.3) is 0 Å². The molecule has 0 spiro atoms. The second kappa shape index (κ2) is 10.2. The van der Waals surface area contributed by atoms with Crippen LogP contribution in [-0.4, -0.2) is 56.9 Å². The predicted octanol–water partition coefficient (Wildman–Crippen LogP) is 2.03. The summed E-state index contributed by atoms with van der Waals surface area (Å²) in [4.78, 5) is 14.4. The van der Waals surface area contributed by atoms with Gasteiger partial charge in [-0.15, -0.1) is 0 Å². The van der Waals surface area contributed by atoms with Crippen LogP contribution >= 0.6 is 0 Å². The maximum Gasteiger partial charge on any atom is 0.314 e. The number of nitrogens with one attached hydrogen (secondary N) is 2. The Labute approximate surface area is 139 Å². The van der Waals surface area contributed by atoms with Gasteiger partial charge in [-0.2, -0.15) is 0 Å². The van der Waals surface area contributed by atoms with Gasteiger partial charge in [0.25, 0.3) is 0 Å². The summed E-state index contributed by atoms with van der Waals surface area (Å²) in [5.41, 5.74) is 1.32. The fourth-order valence-electron chi connectivity index (χ4n) is 3.04. The molecule has 5 heteroatoms. The first-order chi connectivity index (χ1) is 11.3. The summed E-state index contributed by atoms with van der Waals surface area (Å²) in [6, 6.07) is 10.8. The zero-order valence-corrected chi connectivity index (χ0v) is 14.1. The number of hydrogen-bond donors (Lipinski definition) is 2. The molecule has 1 saturated heterocycles. The SMILES string of the molecule is COCCNC(=O)NCC(Cc1ccccc1)N1CCCCC1. The first-order valence-corrected chi connectivity index (χ1v) is 8.58. The highest BCUT2D eigenvalue weighted by atomic mass is 16.5. The summed E-state index contributed by atoms with van der Waals surface area (Å²) >= 11 is 0. The highest BCUT2D eigenvalue weighted by Crippen LogP contribution is 2.15. The van der Waals surface area contributed by atoms with E-state index in [-0.39, 0.29) is 6.03 Å². The number of likely N-dealkylation sites (tertiary alicyclic amines) is 1. The van der Waals surface area contributed by atoms with E-state index in [9.17, 15) is 4.79 Å². The zero-order valence-electron chi connectivity index (χ0n) is 14.1. The number of amides is 2. The fourth-order valence-corrected chi connectivity index (χ4v) is 3.04. The summed E-state index contributed by atoms with van der Waals surface area (Å²) in [7, 11) is 1.63. The standard InChI is InChI=1S/C18H29N3O2/c1-23-13-10-19-18(22)20-15-17(21-11-6-3-7-12-21)14-16-8-4-2-5-9-16/h2,4-5,8-9,17H,3,6-7,10-15H2,1H3,(H2,19,20,22). The average Bonchev–Trinajstić information content (AvgIpc) is 2.60. The molecule has 2 N–H and O–H groups in total. The Hall–Kier alpha value is -1.59. The molecule has 0 aliphatic carbocycles. The van der Waals surface area contributed by atoms with Gasteiger partial charge in [-0.25, -0.2) is 4.79 Å². The monoisotopic (exact) mass is 319 g/mol. The molecular formula is C18H29N3O2. The van der Waals surface area contributed by atoms with Crippen molar-refractivity contribution >= 4 is 6.03 Å². The third-order valence-electron chi connectivity index (χ3n) is 4.31. The van der Waals surface area contributed by atoms with Gasteiger partial charge in [-0.1, -0.05) is 36.8 Å². The summed E-state index contributed by atoms with van der Waals surface area (Å²) < 4.78 is 4.94. The van der Waals surface area contributed by atoms with Gasteiger partial charge < -0.3 is 15.4 Å². The van der Waals surface area contributed by atoms with E-state index < -0.39 is 0 Å². The molecule has 1 aliphatic rings. The smallest absolute Gasteiger partial charge is 0.314 e. The van der Waals surface area contributed by atoms with Crippen molar-refractivity contribution in [1.29, 1.82) is 0 Å². The molecular weight excluding hydrogens is 290 g/mol. The molecule has 128 valence electrons. The normalized spacial score (nSPS) is 16.7. The number of benzene rings is 1. The molecule has 1 aromatic carbocycles. The van der Waals surface area contributed by atoms with Gasteiger partial charge in [0.2, 0.25) is 0 Å². The number of ether oxygens (including phenoxy) is 1. The second-order valence-corrected chi connectivity index (χ2v) is 6.07. The highest BCUT2D eigenvalue weighted by Gasteiger charge is 2.21. The number of nitrogens with zero attached hydrogens (tertiary/aromatic N) is 1. The maximum absolute atomic E-state index is 11.9. The maximum atomic E-state index is 11.9. The summed E-state index contributed by atoms with van der Waals surface area (Å²) in [5, 5.41) is 5.82. The van der Waals surface area contributed by atoms with Crippen LogP contribution < -0.4 is 10.6 Å². The van der Waals surface area contributed by atoms with E-state index in [1.54, 1.807) is 7.11 Å². The first kappa shape index (κ1) is 17.8. The van der Waals surface area contributed by atoms with Gasteiger partial charge >= 0.3 is 6.03 Å². The van der Waals surface area contributed by atoms with Crippen molar-refractivity contribution in [2.75, 3.05) is 39.9 Å². The number of carbonyl (C=O) groups is 1. The molecule has 0 saturated carbocycles. The van der Waals surface area contributed by atoms with Crippen LogP contribution in [0.5, 0.6) is 0 Å². The van der Waals surface area contributed by atoms with Gasteiger partial charge in [0.05, 0.1) is 6.61 Å². The van der Waals surface area contributed by atoms with Crippen molar-refractivity contribution in [3.8, 4) is 0 Å². The number of rotatable bonds is 8. The van der Waals surface area contributed by atoms with Crippen molar-refractivity contribution < 1.29 is 9.53 Å². The van der Waals surface area contributed by atoms with E-state index in [0.29, 0.717) is 25.7 Å². The Morgan fingerprint density at radius 1 is 1.17 bits per heavy atom. The number of carbonyl (C=O) groups excluding carboxylic acids is 1. The van der Waals surface area contributed by atoms with Crippen molar-refractivity contribution in [3.63, 3.8) is 0 Å². The van der Waals surface area contributed by atoms with Gasteiger partial charge in [0.15, 0.2) is 0 Å². The largest absolute Gasteiger partial charge is 0.383 e. The third-order valence-corrected chi connectivity index (χ3v) is 4.31. The van der Waals surface area contributed by atoms with Crippen molar-refractivity contribution in [3.05, 3.63) is 35.9 Å². The molecule has 1 atom stereocenters. The number of methoxy groups -OCH3 is 1. The van der Waals surface area contributed by atoms with Crippen LogP contribution in [-0.2, 0) is 11.2 Å². The molecule has 5 nitrogen and oxygen atoms in total. The van der Waals surface area contributed by atoms with E-state index in [1.165, 1.54) is 24.8 Å². The molecule has 1 fully saturated rings. The molecule has 2 rings (SSSR count). The van der Waals surface area contributed by atoms with Gasteiger partial charge in [0.1, 0.15) is 0 Å². The van der Waals surface area contributed by atoms with Gasteiger partial charge in [0, 0.05) is 26.2 Å². The summed E-state index contributed by atoms with van der Waals surface area (Å²) in [5.74, 6) is 0. The molecule has 1 heterocycles. The third kappa shape index (κ3) is 6.59. The Morgan fingerprint density at radius 2 is 1.91 bits per heavy atom. The van der Waals surface area contributed by atoms with Gasteiger partial charge in [-0.3, -0.25) is 4.90 Å². The second-order valence-electron chi connectivity index (χ2n) is 6.07. The van der Waals surface area contributed by atoms with Crippen LogP contribution in [0.1, 0.15) is 24.8 Å². The van der Waals surface area contributed by atoms with Gasteiger partial charge in [-0.05, 0) is 37.9 Å². The summed E-state index contributed by atoms with van der Waals surface area (Å²) in [6.07, 6.45) is 4.80. The molecule has 0 radical (unpaired) electrons. The molecule has 1 aromatic rings. The van der Waals surface area contributed by atoms with Crippen LogP contribution in [0.3, 0.4) is 0 Å². The lowest BCUT2D eigenvalue weighted by molar-refractivity contribution is 0.158. The minimum Gasteiger partial charge on any atom is -0.383 e. The first-order valence-electron chi connectivity index (χ1n) is 8.58. The minimum atomic E-state index is -0.114. The van der Waals surface area contributed by atoms with E-state index in [2.05, 4.69) is 39.8 Å². The lowest BCUT2D eigenvalue weighted by Gasteiger charge is -2.35. The number of piperidine rings is 1. The lowest BCUT2D eigenvalue weighted by atomic mass is 10.0. The predicted molar refractivity (Wildman–Crippen MR) is 92.6 cm³/mol. The van der Waals surface area contributed by atoms with Crippen LogP contribution in [0, 0.1) is 0 Å². The molecule has 1 aliphatic heterocycles. The van der Waals surface area contributed by atoms with E-state index in [1.807, 2.05) is 6.07 Å². The minimum absolute atomic E-state index is 0.114. The lowest BCUT2D eigenvalue weighted by Crippen LogP contribution is -2.49. The molecule has 2 amide bonds. The molecule has 1 unspecified atom stereocenters. The van der Waals surface area contributed by atoms with Crippen molar-refractivity contribution in [2.24, 2.45) is 0 Å². The van der Waals surface area contributed by atoms with E-state index >= 15 is 0 Å². The van der Waals surface area contributed by atoms with Crippen LogP contribution in [0.4, 0.5) is 4.79 Å². The topological polar surface area (TPSA) is 53.6 Å². The Bertz CT molecular complexity index is 447. The average molecular weight is 319 g/mol. The quantitative estimate of drug-likeness (QED) is 0.721. The van der Waals surface area contributed by atoms with E-state index in [0.717, 1.165) is 19.5 Å². The fraction of sp³-hybridized carbons (Fsp3) is 0.611. The van der Waals surface area contributed by atoms with Crippen LogP contribution in [0.2, 0.25) is 0 Å². The summed E-state index contributed by atoms with van der Waals surface area (Å²) in [6.45, 7) is 4.01. The molecule has 23 heavy (non-hydrogen) atoms. The Balaban J connectivity index is 1.86.